The highest BCUT2D eigenvalue weighted by atomic mass is 15.2. The van der Waals surface area contributed by atoms with Crippen LogP contribution in [0.25, 0.3) is 10.9 Å². The van der Waals surface area contributed by atoms with Crippen LogP contribution >= 0.6 is 0 Å². The number of rotatable bonds is 2. The molecule has 4 nitrogen and oxygen atoms in total. The van der Waals surface area contributed by atoms with E-state index in [2.05, 4.69) is 44.3 Å². The van der Waals surface area contributed by atoms with E-state index < -0.39 is 0 Å². The lowest BCUT2D eigenvalue weighted by atomic mass is 10.1. The summed E-state index contributed by atoms with van der Waals surface area (Å²) in [7, 11) is 0. The summed E-state index contributed by atoms with van der Waals surface area (Å²) >= 11 is 0. The number of nitrogens with zero attached hydrogens (tertiary/aromatic N) is 2. The first-order valence-corrected chi connectivity index (χ1v) is 6.68. The molecule has 0 spiro atoms. The summed E-state index contributed by atoms with van der Waals surface area (Å²) in [6.45, 7) is 3.09. The third-order valence-electron chi connectivity index (χ3n) is 3.91. The third-order valence-corrected chi connectivity index (χ3v) is 3.91. The van der Waals surface area contributed by atoms with E-state index in [1.807, 2.05) is 12.4 Å². The number of benzene rings is 1. The summed E-state index contributed by atoms with van der Waals surface area (Å²) in [5, 5.41) is 8.48. The molecule has 1 aromatic carbocycles. The van der Waals surface area contributed by atoms with Crippen LogP contribution in [0.5, 0.6) is 0 Å². The van der Waals surface area contributed by atoms with E-state index in [0.717, 1.165) is 26.1 Å². The van der Waals surface area contributed by atoms with Gasteiger partial charge >= 0.3 is 0 Å². The Morgan fingerprint density at radius 3 is 3.26 bits per heavy atom. The predicted molar refractivity (Wildman–Crippen MR) is 74.7 cm³/mol. The van der Waals surface area contributed by atoms with E-state index in [4.69, 9.17) is 0 Å². The van der Waals surface area contributed by atoms with Crippen molar-refractivity contribution in [3.63, 3.8) is 0 Å². The molecule has 1 aliphatic rings. The molecule has 4 rings (SSSR count). The molecule has 0 unspecified atom stereocenters. The molecule has 2 aromatic heterocycles. The topological polar surface area (TPSA) is 47.7 Å². The lowest BCUT2D eigenvalue weighted by Crippen LogP contribution is -2.29. The van der Waals surface area contributed by atoms with Gasteiger partial charge < -0.3 is 4.98 Å². The Labute approximate surface area is 111 Å². The number of aromatic nitrogens is 3. The summed E-state index contributed by atoms with van der Waals surface area (Å²) in [5.41, 5.74) is 5.23. The Morgan fingerprint density at radius 2 is 2.26 bits per heavy atom. The zero-order valence-corrected chi connectivity index (χ0v) is 10.7. The van der Waals surface area contributed by atoms with Crippen molar-refractivity contribution in [1.29, 1.82) is 0 Å². The molecule has 0 saturated carbocycles. The molecule has 19 heavy (non-hydrogen) atoms. The molecule has 2 N–H and O–H groups in total. The second-order valence-electron chi connectivity index (χ2n) is 5.23. The van der Waals surface area contributed by atoms with Crippen LogP contribution in [0.2, 0.25) is 0 Å². The molecule has 0 aliphatic carbocycles. The SMILES string of the molecule is c1cc2ccc(CN3CCc4[nH]ncc4C3)cc2[nH]1. The molecule has 1 aliphatic heterocycles. The minimum atomic E-state index is 0.995. The highest BCUT2D eigenvalue weighted by Gasteiger charge is 2.17. The second kappa shape index (κ2) is 4.24. The average Bonchev–Trinajstić information content (AvgIpc) is 3.05. The van der Waals surface area contributed by atoms with Crippen molar-refractivity contribution in [1.82, 2.24) is 20.1 Å². The van der Waals surface area contributed by atoms with E-state index in [9.17, 15) is 0 Å². The molecule has 0 fully saturated rings. The second-order valence-corrected chi connectivity index (χ2v) is 5.23. The van der Waals surface area contributed by atoms with Gasteiger partial charge in [0.2, 0.25) is 0 Å². The van der Waals surface area contributed by atoms with Crippen molar-refractivity contribution < 1.29 is 0 Å². The molecular formula is C15H16N4. The Morgan fingerprint density at radius 1 is 1.26 bits per heavy atom. The summed E-state index contributed by atoms with van der Waals surface area (Å²) in [5.74, 6) is 0. The molecule has 0 amide bonds. The molecule has 0 radical (unpaired) electrons. The molecule has 0 bridgehead atoms. The van der Waals surface area contributed by atoms with E-state index in [-0.39, 0.29) is 0 Å². The Kier molecular flexibility index (Phi) is 2.42. The van der Waals surface area contributed by atoms with Crippen LogP contribution in [0.1, 0.15) is 16.8 Å². The molecule has 96 valence electrons. The maximum Gasteiger partial charge on any atom is 0.0535 e. The highest BCUT2D eigenvalue weighted by Crippen LogP contribution is 2.20. The summed E-state index contributed by atoms with van der Waals surface area (Å²) in [6.07, 6.45) is 5.02. The zero-order chi connectivity index (χ0) is 12.7. The lowest BCUT2D eigenvalue weighted by Gasteiger charge is -2.26. The number of hydrogen-bond donors (Lipinski definition) is 2. The van der Waals surface area contributed by atoms with Gasteiger partial charge in [0, 0.05) is 49.0 Å². The molecular weight excluding hydrogens is 236 g/mol. The number of hydrogen-bond acceptors (Lipinski definition) is 2. The van der Waals surface area contributed by atoms with Gasteiger partial charge in [0.15, 0.2) is 0 Å². The van der Waals surface area contributed by atoms with Crippen molar-refractivity contribution >= 4 is 10.9 Å². The van der Waals surface area contributed by atoms with Crippen LogP contribution in [0.4, 0.5) is 0 Å². The van der Waals surface area contributed by atoms with Gasteiger partial charge in [-0.25, -0.2) is 0 Å². The fourth-order valence-electron chi connectivity index (χ4n) is 2.87. The predicted octanol–water partition coefficient (Wildman–Crippen LogP) is 2.45. The van der Waals surface area contributed by atoms with Crippen LogP contribution < -0.4 is 0 Å². The van der Waals surface area contributed by atoms with Gasteiger partial charge in [-0.05, 0) is 23.1 Å². The van der Waals surface area contributed by atoms with E-state index in [0.29, 0.717) is 0 Å². The smallest absolute Gasteiger partial charge is 0.0535 e. The maximum absolute atomic E-state index is 4.12. The average molecular weight is 252 g/mol. The Hall–Kier alpha value is -2.07. The Bertz CT molecular complexity index is 710. The van der Waals surface area contributed by atoms with Crippen LogP contribution in [-0.4, -0.2) is 26.6 Å². The van der Waals surface area contributed by atoms with Gasteiger partial charge in [0.25, 0.3) is 0 Å². The van der Waals surface area contributed by atoms with Crippen LogP contribution in [-0.2, 0) is 19.5 Å². The molecule has 3 heterocycles. The van der Waals surface area contributed by atoms with Crippen molar-refractivity contribution in [3.8, 4) is 0 Å². The molecule has 0 saturated heterocycles. The van der Waals surface area contributed by atoms with Crippen molar-refractivity contribution in [3.05, 3.63) is 53.5 Å². The molecule has 0 atom stereocenters. The summed E-state index contributed by atoms with van der Waals surface area (Å²) in [6, 6.07) is 8.77. The van der Waals surface area contributed by atoms with Crippen molar-refractivity contribution in [2.45, 2.75) is 19.5 Å². The van der Waals surface area contributed by atoms with Gasteiger partial charge in [-0.15, -0.1) is 0 Å². The fourth-order valence-corrected chi connectivity index (χ4v) is 2.87. The lowest BCUT2D eigenvalue weighted by molar-refractivity contribution is 0.245. The normalized spacial score (nSPS) is 15.8. The third kappa shape index (κ3) is 1.94. The standard InChI is InChI=1S/C15H16N4/c1-2-12-3-5-16-15(12)7-11(1)9-19-6-4-14-13(10-19)8-17-18-14/h1-3,5,7-8,16H,4,6,9-10H2,(H,17,18). The first-order valence-electron chi connectivity index (χ1n) is 6.68. The zero-order valence-electron chi connectivity index (χ0n) is 10.7. The van der Waals surface area contributed by atoms with Gasteiger partial charge in [-0.3, -0.25) is 10.00 Å². The van der Waals surface area contributed by atoms with Gasteiger partial charge in [-0.2, -0.15) is 5.10 Å². The summed E-state index contributed by atoms with van der Waals surface area (Å²) in [4.78, 5) is 5.75. The van der Waals surface area contributed by atoms with E-state index >= 15 is 0 Å². The molecule has 3 aromatic rings. The largest absolute Gasteiger partial charge is 0.361 e. The number of fused-ring (bicyclic) bond motifs is 2. The first-order chi connectivity index (χ1) is 9.38. The molecule has 4 heteroatoms. The quantitative estimate of drug-likeness (QED) is 0.736. The van der Waals surface area contributed by atoms with Gasteiger partial charge in [0.05, 0.1) is 6.20 Å². The van der Waals surface area contributed by atoms with Crippen molar-refractivity contribution in [2.24, 2.45) is 0 Å². The Balaban J connectivity index is 1.55. The van der Waals surface area contributed by atoms with Gasteiger partial charge in [-0.1, -0.05) is 12.1 Å². The van der Waals surface area contributed by atoms with Crippen LogP contribution in [0.3, 0.4) is 0 Å². The highest BCUT2D eigenvalue weighted by molar-refractivity contribution is 5.79. The fraction of sp³-hybridized carbons (Fsp3) is 0.267. The van der Waals surface area contributed by atoms with Crippen molar-refractivity contribution in [2.75, 3.05) is 6.54 Å². The summed E-state index contributed by atoms with van der Waals surface area (Å²) < 4.78 is 0. The first kappa shape index (κ1) is 10.8. The van der Waals surface area contributed by atoms with E-state index in [1.54, 1.807) is 0 Å². The monoisotopic (exact) mass is 252 g/mol. The van der Waals surface area contributed by atoms with Gasteiger partial charge in [0.1, 0.15) is 0 Å². The number of H-pyrrole nitrogens is 2. The number of aromatic amines is 2. The van der Waals surface area contributed by atoms with E-state index in [1.165, 1.54) is 27.7 Å². The minimum Gasteiger partial charge on any atom is -0.361 e. The maximum atomic E-state index is 4.12. The van der Waals surface area contributed by atoms with Crippen LogP contribution in [0, 0.1) is 0 Å². The number of nitrogens with one attached hydrogen (secondary N) is 2. The van der Waals surface area contributed by atoms with Crippen LogP contribution in [0.15, 0.2) is 36.7 Å². The minimum absolute atomic E-state index is 0.995.